The number of carboxylic acid groups (broad SMARTS) is 1. The van der Waals surface area contributed by atoms with Gasteiger partial charge in [-0.1, -0.05) is 24.3 Å². The molecular weight excluding hydrogens is 276 g/mol. The number of pyridine rings is 1. The number of carboxylic acids is 1. The van der Waals surface area contributed by atoms with Gasteiger partial charge in [-0.3, -0.25) is 19.7 Å². The van der Waals surface area contributed by atoms with Crippen LogP contribution in [0.25, 0.3) is 0 Å². The van der Waals surface area contributed by atoms with Gasteiger partial charge in [-0.25, -0.2) is 0 Å². The minimum absolute atomic E-state index is 0.0518. The smallest absolute Gasteiger partial charge is 0.332 e. The van der Waals surface area contributed by atoms with Crippen molar-refractivity contribution in [1.82, 2.24) is 4.57 Å². The van der Waals surface area contributed by atoms with E-state index in [1.165, 1.54) is 17.0 Å². The molecule has 0 aliphatic heterocycles. The number of aliphatic carboxylic acids is 1. The van der Waals surface area contributed by atoms with E-state index in [0.29, 0.717) is 12.1 Å². The largest absolute Gasteiger partial charge is 0.481 e. The summed E-state index contributed by atoms with van der Waals surface area (Å²) in [7, 11) is 0. The number of aromatic nitrogens is 1. The highest BCUT2D eigenvalue weighted by atomic mass is 16.6. The summed E-state index contributed by atoms with van der Waals surface area (Å²) in [5.74, 6) is -0.904. The molecule has 0 atom stereocenters. The van der Waals surface area contributed by atoms with Crippen LogP contribution >= 0.6 is 0 Å². The van der Waals surface area contributed by atoms with E-state index in [9.17, 15) is 19.7 Å². The van der Waals surface area contributed by atoms with E-state index < -0.39 is 22.0 Å². The molecule has 2 aromatic rings. The zero-order valence-corrected chi connectivity index (χ0v) is 10.9. The Bertz CT molecular complexity index is 734. The number of nitro groups is 1. The third-order valence-corrected chi connectivity index (χ3v) is 2.90. The second kappa shape index (κ2) is 6.00. The first kappa shape index (κ1) is 14.4. The summed E-state index contributed by atoms with van der Waals surface area (Å²) in [6.45, 7) is 0.356. The van der Waals surface area contributed by atoms with Gasteiger partial charge in [0, 0.05) is 18.8 Å². The van der Waals surface area contributed by atoms with Crippen LogP contribution in [-0.4, -0.2) is 20.6 Å². The average molecular weight is 288 g/mol. The molecule has 1 heterocycles. The molecule has 0 bridgehead atoms. The maximum Gasteiger partial charge on any atom is 0.332 e. The molecule has 1 aromatic heterocycles. The highest BCUT2D eigenvalue weighted by Gasteiger charge is 2.11. The van der Waals surface area contributed by atoms with Crippen LogP contribution in [0.2, 0.25) is 0 Å². The van der Waals surface area contributed by atoms with Crippen LogP contribution in [0.4, 0.5) is 5.69 Å². The van der Waals surface area contributed by atoms with Gasteiger partial charge >= 0.3 is 11.7 Å². The maximum atomic E-state index is 11.3. The van der Waals surface area contributed by atoms with E-state index >= 15 is 0 Å². The lowest BCUT2D eigenvalue weighted by atomic mass is 10.1. The lowest BCUT2D eigenvalue weighted by Crippen LogP contribution is -2.11. The highest BCUT2D eigenvalue weighted by molar-refractivity contribution is 5.70. The van der Waals surface area contributed by atoms with E-state index in [4.69, 9.17) is 5.11 Å². The number of benzene rings is 1. The van der Waals surface area contributed by atoms with Gasteiger partial charge in [0.2, 0.25) is 0 Å². The Morgan fingerprint density at radius 2 is 1.81 bits per heavy atom. The lowest BCUT2D eigenvalue weighted by molar-refractivity contribution is -0.386. The van der Waals surface area contributed by atoms with Crippen molar-refractivity contribution in [3.05, 3.63) is 74.2 Å². The van der Waals surface area contributed by atoms with Gasteiger partial charge in [0.05, 0.1) is 17.5 Å². The molecule has 1 N–H and O–H groups in total. The van der Waals surface area contributed by atoms with Crippen molar-refractivity contribution >= 4 is 11.7 Å². The van der Waals surface area contributed by atoms with Crippen molar-refractivity contribution in [2.75, 3.05) is 0 Å². The Morgan fingerprint density at radius 1 is 1.19 bits per heavy atom. The summed E-state index contributed by atoms with van der Waals surface area (Å²) in [6, 6.07) is 8.04. The fourth-order valence-corrected chi connectivity index (χ4v) is 1.90. The molecule has 7 nitrogen and oxygen atoms in total. The molecular formula is C14H12N2O5. The van der Waals surface area contributed by atoms with Gasteiger partial charge in [-0.05, 0) is 11.1 Å². The molecule has 0 radical (unpaired) electrons. The molecule has 0 aliphatic carbocycles. The van der Waals surface area contributed by atoms with Crippen LogP contribution in [0, 0.1) is 10.1 Å². The normalized spacial score (nSPS) is 10.3. The van der Waals surface area contributed by atoms with E-state index in [1.807, 2.05) is 0 Å². The number of nitrogens with zero attached hydrogens (tertiary/aromatic N) is 2. The predicted molar refractivity (Wildman–Crippen MR) is 74.2 cm³/mol. The summed E-state index contributed by atoms with van der Waals surface area (Å²) < 4.78 is 1.53. The van der Waals surface area contributed by atoms with E-state index in [-0.39, 0.29) is 6.42 Å². The van der Waals surface area contributed by atoms with Crippen molar-refractivity contribution in [2.24, 2.45) is 0 Å². The van der Waals surface area contributed by atoms with Gasteiger partial charge in [0.25, 0.3) is 5.43 Å². The van der Waals surface area contributed by atoms with Crippen molar-refractivity contribution in [3.8, 4) is 0 Å². The van der Waals surface area contributed by atoms with Crippen LogP contribution < -0.4 is 5.43 Å². The molecule has 2 rings (SSSR count). The van der Waals surface area contributed by atoms with Gasteiger partial charge in [-0.2, -0.15) is 0 Å². The fourth-order valence-electron chi connectivity index (χ4n) is 1.90. The van der Waals surface area contributed by atoms with Crippen molar-refractivity contribution in [2.45, 2.75) is 13.0 Å². The van der Waals surface area contributed by atoms with Gasteiger partial charge in [0.15, 0.2) is 0 Å². The van der Waals surface area contributed by atoms with E-state index in [2.05, 4.69) is 0 Å². The van der Waals surface area contributed by atoms with Crippen LogP contribution in [0.15, 0.2) is 47.5 Å². The summed E-state index contributed by atoms with van der Waals surface area (Å²) in [6.07, 6.45) is 2.61. The zero-order chi connectivity index (χ0) is 15.4. The number of hydrogen-bond acceptors (Lipinski definition) is 4. The third kappa shape index (κ3) is 3.75. The quantitative estimate of drug-likeness (QED) is 0.662. The molecule has 0 aliphatic rings. The van der Waals surface area contributed by atoms with Crippen LogP contribution in [0.5, 0.6) is 0 Å². The molecule has 0 fully saturated rings. The Morgan fingerprint density at radius 3 is 2.38 bits per heavy atom. The third-order valence-electron chi connectivity index (χ3n) is 2.90. The fraction of sp³-hybridized carbons (Fsp3) is 0.143. The summed E-state index contributed by atoms with van der Waals surface area (Å²) in [5.41, 5.74) is 0.423. The molecule has 0 unspecified atom stereocenters. The number of carbonyl (C=O) groups is 1. The zero-order valence-electron chi connectivity index (χ0n) is 10.9. The molecule has 0 saturated carbocycles. The lowest BCUT2D eigenvalue weighted by Gasteiger charge is -2.06. The molecule has 0 amide bonds. The molecule has 21 heavy (non-hydrogen) atoms. The molecule has 108 valence electrons. The number of hydrogen-bond donors (Lipinski definition) is 1. The molecule has 1 aromatic carbocycles. The monoisotopic (exact) mass is 288 g/mol. The van der Waals surface area contributed by atoms with Gasteiger partial charge in [0.1, 0.15) is 0 Å². The maximum absolute atomic E-state index is 11.3. The Labute approximate surface area is 119 Å². The van der Waals surface area contributed by atoms with Crippen LogP contribution in [0.3, 0.4) is 0 Å². The van der Waals surface area contributed by atoms with Crippen LogP contribution in [-0.2, 0) is 17.8 Å². The van der Waals surface area contributed by atoms with E-state index in [0.717, 1.165) is 11.6 Å². The standard InChI is InChI=1S/C14H12N2O5/c17-13-5-6-15(9-12(13)16(20)21)8-11-3-1-10(2-4-11)7-14(18)19/h1-6,9H,7-8H2,(H,18,19). The predicted octanol–water partition coefficient (Wildman–Crippen LogP) is 1.43. The Hall–Kier alpha value is -2.96. The average Bonchev–Trinajstić information content (AvgIpc) is 2.42. The van der Waals surface area contributed by atoms with Gasteiger partial charge < -0.3 is 9.67 Å². The molecule has 0 spiro atoms. The Kier molecular flexibility index (Phi) is 4.13. The number of rotatable bonds is 5. The SMILES string of the molecule is O=C(O)Cc1ccc(Cn2ccc(=O)c([N+](=O)[O-])c2)cc1. The van der Waals surface area contributed by atoms with Crippen molar-refractivity contribution < 1.29 is 14.8 Å². The minimum atomic E-state index is -0.904. The van der Waals surface area contributed by atoms with Crippen molar-refractivity contribution in [3.63, 3.8) is 0 Å². The first-order valence-electron chi connectivity index (χ1n) is 6.10. The highest BCUT2D eigenvalue weighted by Crippen LogP contribution is 2.09. The summed E-state index contributed by atoms with van der Waals surface area (Å²) in [5, 5.41) is 19.4. The van der Waals surface area contributed by atoms with Crippen molar-refractivity contribution in [1.29, 1.82) is 0 Å². The molecule has 7 heteroatoms. The summed E-state index contributed by atoms with van der Waals surface area (Å²) in [4.78, 5) is 31.9. The second-order valence-electron chi connectivity index (χ2n) is 4.51. The second-order valence-corrected chi connectivity index (χ2v) is 4.51. The van der Waals surface area contributed by atoms with Crippen LogP contribution in [0.1, 0.15) is 11.1 Å². The minimum Gasteiger partial charge on any atom is -0.481 e. The summed E-state index contributed by atoms with van der Waals surface area (Å²) >= 11 is 0. The first-order valence-corrected chi connectivity index (χ1v) is 6.10. The topological polar surface area (TPSA) is 102 Å². The molecule has 0 saturated heterocycles. The Balaban J connectivity index is 2.18. The van der Waals surface area contributed by atoms with E-state index in [1.54, 1.807) is 24.3 Å². The first-order chi connectivity index (χ1) is 9.95. The van der Waals surface area contributed by atoms with Gasteiger partial charge in [-0.15, -0.1) is 0 Å².